The van der Waals surface area contributed by atoms with Crippen molar-refractivity contribution in [1.29, 1.82) is 0 Å². The average Bonchev–Trinajstić information content (AvgIpc) is 3.03. The van der Waals surface area contributed by atoms with Gasteiger partial charge in [0.25, 0.3) is 6.33 Å². The quantitative estimate of drug-likeness (QED) is 0.454. The Balaban J connectivity index is 2.16. The molecule has 0 amide bonds. The standard InChI is InChI=1S/C18H17N2S2/c1-10-7-11(2)12(3)13(8-10)16-18-15(19-9-20(16)4)17-14(22-18)5-6-21-17/h5-9H,1-4H3/q+1. The molecule has 110 valence electrons. The molecule has 0 spiro atoms. The Morgan fingerprint density at radius 1 is 1.09 bits per heavy atom. The second-order valence-electron chi connectivity index (χ2n) is 5.85. The van der Waals surface area contributed by atoms with Crippen LogP contribution < -0.4 is 4.57 Å². The molecule has 0 atom stereocenters. The number of fused-ring (bicyclic) bond motifs is 3. The van der Waals surface area contributed by atoms with Gasteiger partial charge in [0, 0.05) is 5.56 Å². The first-order valence-electron chi connectivity index (χ1n) is 7.29. The SMILES string of the molecule is Cc1cc(C)c(C)c(-c2c3sc4ccsc4c3nc[n+]2C)c1. The van der Waals surface area contributed by atoms with Crippen molar-refractivity contribution in [1.82, 2.24) is 4.98 Å². The molecule has 0 radical (unpaired) electrons. The van der Waals surface area contributed by atoms with Gasteiger partial charge >= 0.3 is 0 Å². The lowest BCUT2D eigenvalue weighted by Crippen LogP contribution is -2.31. The van der Waals surface area contributed by atoms with E-state index in [1.807, 2.05) is 17.7 Å². The van der Waals surface area contributed by atoms with Crippen LogP contribution in [0, 0.1) is 20.8 Å². The molecule has 0 aliphatic carbocycles. The van der Waals surface area contributed by atoms with Gasteiger partial charge in [-0.2, -0.15) is 0 Å². The molecule has 0 bridgehead atoms. The minimum Gasteiger partial charge on any atom is -0.231 e. The van der Waals surface area contributed by atoms with Crippen LogP contribution in [0.2, 0.25) is 0 Å². The molecule has 22 heavy (non-hydrogen) atoms. The van der Waals surface area contributed by atoms with E-state index in [1.54, 1.807) is 11.3 Å². The largest absolute Gasteiger partial charge is 0.287 e. The van der Waals surface area contributed by atoms with Crippen molar-refractivity contribution in [3.63, 3.8) is 0 Å². The summed E-state index contributed by atoms with van der Waals surface area (Å²) >= 11 is 3.63. The first-order chi connectivity index (χ1) is 10.6. The molecule has 0 unspecified atom stereocenters. The predicted molar refractivity (Wildman–Crippen MR) is 95.8 cm³/mol. The first kappa shape index (κ1) is 13.9. The normalized spacial score (nSPS) is 11.6. The molecular formula is C18H17N2S2+. The number of hydrogen-bond acceptors (Lipinski definition) is 3. The van der Waals surface area contributed by atoms with Gasteiger partial charge in [0.1, 0.15) is 4.70 Å². The second-order valence-corrected chi connectivity index (χ2v) is 7.82. The van der Waals surface area contributed by atoms with Crippen LogP contribution >= 0.6 is 22.7 Å². The summed E-state index contributed by atoms with van der Waals surface area (Å²) in [5, 5.41) is 2.15. The average molecular weight is 325 g/mol. The number of thiophene rings is 2. The molecule has 3 aromatic heterocycles. The molecule has 3 heterocycles. The lowest BCUT2D eigenvalue weighted by atomic mass is 9.97. The third-order valence-corrected chi connectivity index (χ3v) is 6.47. The molecule has 0 aliphatic heterocycles. The maximum absolute atomic E-state index is 4.69. The number of nitrogens with zero attached hydrogens (tertiary/aromatic N) is 2. The van der Waals surface area contributed by atoms with Crippen LogP contribution in [0.4, 0.5) is 0 Å². The zero-order valence-electron chi connectivity index (χ0n) is 13.1. The topological polar surface area (TPSA) is 16.8 Å². The molecule has 4 aromatic rings. The number of benzene rings is 1. The van der Waals surface area contributed by atoms with E-state index in [0.29, 0.717) is 0 Å². The molecular weight excluding hydrogens is 308 g/mol. The smallest absolute Gasteiger partial charge is 0.231 e. The van der Waals surface area contributed by atoms with Gasteiger partial charge in [0.05, 0.1) is 16.4 Å². The van der Waals surface area contributed by atoms with Crippen molar-refractivity contribution < 1.29 is 4.57 Å². The van der Waals surface area contributed by atoms with Crippen molar-refractivity contribution in [2.75, 3.05) is 0 Å². The highest BCUT2D eigenvalue weighted by molar-refractivity contribution is 7.32. The Morgan fingerprint density at radius 2 is 1.91 bits per heavy atom. The summed E-state index contributed by atoms with van der Waals surface area (Å²) < 4.78 is 6.09. The summed E-state index contributed by atoms with van der Waals surface area (Å²) in [6.45, 7) is 6.57. The van der Waals surface area contributed by atoms with Gasteiger partial charge in [-0.05, 0) is 54.4 Å². The van der Waals surface area contributed by atoms with E-state index in [4.69, 9.17) is 0 Å². The van der Waals surface area contributed by atoms with Crippen LogP contribution in [0.25, 0.3) is 30.9 Å². The Labute approximate surface area is 137 Å². The van der Waals surface area contributed by atoms with E-state index in [2.05, 4.69) is 60.9 Å². The Hall–Kier alpha value is -1.78. The Bertz CT molecular complexity index is 1020. The third kappa shape index (κ3) is 1.91. The molecule has 0 saturated heterocycles. The van der Waals surface area contributed by atoms with Crippen molar-refractivity contribution in [3.05, 3.63) is 46.6 Å². The fraction of sp³-hybridized carbons (Fsp3) is 0.222. The van der Waals surface area contributed by atoms with Crippen LogP contribution in [0.5, 0.6) is 0 Å². The van der Waals surface area contributed by atoms with Gasteiger partial charge in [0.15, 0.2) is 5.69 Å². The van der Waals surface area contributed by atoms with E-state index in [0.717, 1.165) is 5.52 Å². The molecule has 4 rings (SSSR count). The molecule has 1 aromatic carbocycles. The number of hydrogen-bond donors (Lipinski definition) is 0. The van der Waals surface area contributed by atoms with E-state index in [-0.39, 0.29) is 0 Å². The van der Waals surface area contributed by atoms with E-state index in [1.165, 1.54) is 42.0 Å². The highest BCUT2D eigenvalue weighted by Gasteiger charge is 2.22. The zero-order chi connectivity index (χ0) is 15.4. The molecule has 0 N–H and O–H groups in total. The summed E-state index contributed by atoms with van der Waals surface area (Å²) in [6.07, 6.45) is 1.95. The summed E-state index contributed by atoms with van der Waals surface area (Å²) in [5.41, 5.74) is 7.75. The highest BCUT2D eigenvalue weighted by Crippen LogP contribution is 2.40. The van der Waals surface area contributed by atoms with Crippen LogP contribution in [-0.4, -0.2) is 4.98 Å². The van der Waals surface area contributed by atoms with Crippen LogP contribution in [-0.2, 0) is 7.05 Å². The summed E-state index contributed by atoms with van der Waals surface area (Å²) in [5.74, 6) is 0. The monoisotopic (exact) mass is 325 g/mol. The third-order valence-electron chi connectivity index (χ3n) is 4.27. The van der Waals surface area contributed by atoms with E-state index < -0.39 is 0 Å². The molecule has 0 saturated carbocycles. The van der Waals surface area contributed by atoms with Crippen molar-refractivity contribution in [3.8, 4) is 11.3 Å². The van der Waals surface area contributed by atoms with Gasteiger partial charge in [-0.3, -0.25) is 0 Å². The highest BCUT2D eigenvalue weighted by atomic mass is 32.1. The zero-order valence-corrected chi connectivity index (χ0v) is 14.7. The minimum absolute atomic E-state index is 1.14. The van der Waals surface area contributed by atoms with Crippen LogP contribution in [0.3, 0.4) is 0 Å². The van der Waals surface area contributed by atoms with Gasteiger partial charge in [0.2, 0.25) is 5.52 Å². The Kier molecular flexibility index (Phi) is 3.06. The van der Waals surface area contributed by atoms with E-state index in [9.17, 15) is 0 Å². The fourth-order valence-electron chi connectivity index (χ4n) is 3.05. The van der Waals surface area contributed by atoms with Crippen molar-refractivity contribution >= 4 is 42.3 Å². The second kappa shape index (κ2) is 4.86. The summed E-state index contributed by atoms with van der Waals surface area (Å²) in [6, 6.07) is 6.75. The minimum atomic E-state index is 1.14. The predicted octanol–water partition coefficient (Wildman–Crippen LogP) is 4.93. The number of aryl methyl sites for hydroxylation is 3. The van der Waals surface area contributed by atoms with Gasteiger partial charge in [-0.25, -0.2) is 4.57 Å². The summed E-state index contributed by atoms with van der Waals surface area (Å²) in [4.78, 5) is 4.69. The van der Waals surface area contributed by atoms with Crippen molar-refractivity contribution in [2.45, 2.75) is 20.8 Å². The van der Waals surface area contributed by atoms with Gasteiger partial charge in [-0.15, -0.1) is 22.7 Å². The van der Waals surface area contributed by atoms with Crippen LogP contribution in [0.1, 0.15) is 16.7 Å². The number of aromatic nitrogens is 2. The maximum atomic E-state index is 4.69. The fourth-order valence-corrected chi connectivity index (χ4v) is 5.41. The van der Waals surface area contributed by atoms with Crippen molar-refractivity contribution in [2.24, 2.45) is 7.05 Å². The lowest BCUT2D eigenvalue weighted by Gasteiger charge is -2.11. The van der Waals surface area contributed by atoms with Crippen LogP contribution in [0.15, 0.2) is 29.9 Å². The molecule has 4 heteroatoms. The maximum Gasteiger partial charge on any atom is 0.287 e. The number of rotatable bonds is 1. The van der Waals surface area contributed by atoms with Gasteiger partial charge in [-0.1, -0.05) is 11.6 Å². The lowest BCUT2D eigenvalue weighted by molar-refractivity contribution is -0.662. The first-order valence-corrected chi connectivity index (χ1v) is 8.98. The molecule has 2 nitrogen and oxygen atoms in total. The van der Waals surface area contributed by atoms with E-state index >= 15 is 0 Å². The molecule has 0 aliphatic rings. The van der Waals surface area contributed by atoms with Gasteiger partial charge < -0.3 is 0 Å². The summed E-state index contributed by atoms with van der Waals surface area (Å²) in [7, 11) is 2.09. The molecule has 0 fully saturated rings. The Morgan fingerprint density at radius 3 is 2.73 bits per heavy atom.